The van der Waals surface area contributed by atoms with Gasteiger partial charge in [-0.15, -0.1) is 0 Å². The lowest BCUT2D eigenvalue weighted by atomic mass is 10.1. The van der Waals surface area contributed by atoms with Gasteiger partial charge in [0.05, 0.1) is 6.20 Å². The number of hydrogen-bond donors (Lipinski definition) is 1. The van der Waals surface area contributed by atoms with Crippen molar-refractivity contribution in [1.29, 1.82) is 0 Å². The Bertz CT molecular complexity index is 363. The van der Waals surface area contributed by atoms with Crippen molar-refractivity contribution in [3.63, 3.8) is 0 Å². The number of carbonyl (C=O) groups is 1. The zero-order chi connectivity index (χ0) is 9.54. The average Bonchev–Trinajstić information content (AvgIpc) is 2.80. The summed E-state index contributed by atoms with van der Waals surface area (Å²) in [6.45, 7) is 1.81. The molecule has 4 nitrogen and oxygen atoms in total. The van der Waals surface area contributed by atoms with Gasteiger partial charge in [0.25, 0.3) is 5.91 Å². The Labute approximate surface area is 82.3 Å². The molecule has 14 heavy (non-hydrogen) atoms. The van der Waals surface area contributed by atoms with E-state index < -0.39 is 0 Å². The summed E-state index contributed by atoms with van der Waals surface area (Å²) in [6.07, 6.45) is 5.36. The molecule has 0 spiro atoms. The topological polar surface area (TPSA) is 49.0 Å². The fourth-order valence-corrected chi connectivity index (χ4v) is 1.85. The van der Waals surface area contributed by atoms with Gasteiger partial charge >= 0.3 is 0 Å². The molecule has 1 aromatic heterocycles. The molecule has 2 heterocycles. The lowest BCUT2D eigenvalue weighted by molar-refractivity contribution is 0.0644. The third-order valence-corrected chi connectivity index (χ3v) is 3.04. The van der Waals surface area contributed by atoms with Crippen LogP contribution >= 0.6 is 0 Å². The van der Waals surface area contributed by atoms with Crippen LogP contribution in [0.5, 0.6) is 0 Å². The molecule has 2 aliphatic rings. The van der Waals surface area contributed by atoms with Crippen molar-refractivity contribution < 1.29 is 4.79 Å². The summed E-state index contributed by atoms with van der Waals surface area (Å²) in [6, 6.07) is 0. The van der Waals surface area contributed by atoms with E-state index in [-0.39, 0.29) is 5.91 Å². The minimum absolute atomic E-state index is 0.135. The van der Waals surface area contributed by atoms with Gasteiger partial charge in [-0.05, 0) is 25.2 Å². The van der Waals surface area contributed by atoms with E-state index in [0.29, 0.717) is 5.92 Å². The van der Waals surface area contributed by atoms with Crippen molar-refractivity contribution >= 4 is 5.91 Å². The van der Waals surface area contributed by atoms with Gasteiger partial charge in [0.2, 0.25) is 0 Å². The minimum Gasteiger partial charge on any atom is -0.337 e. The first kappa shape index (κ1) is 8.03. The molecule has 4 heteroatoms. The predicted octanol–water partition coefficient (Wildman–Crippen LogP) is 1.13. The van der Waals surface area contributed by atoms with Crippen LogP contribution in [-0.4, -0.2) is 34.1 Å². The molecule has 1 aliphatic heterocycles. The molecule has 0 aromatic carbocycles. The van der Waals surface area contributed by atoms with Crippen LogP contribution < -0.4 is 0 Å². The number of hydrogen-bond acceptors (Lipinski definition) is 2. The maximum absolute atomic E-state index is 11.9. The van der Waals surface area contributed by atoms with Crippen molar-refractivity contribution in [2.75, 3.05) is 13.1 Å². The zero-order valence-corrected chi connectivity index (χ0v) is 7.99. The second-order valence-corrected chi connectivity index (χ2v) is 4.12. The Kier molecular flexibility index (Phi) is 1.63. The molecule has 2 fully saturated rings. The molecule has 0 bridgehead atoms. The molecular formula is C10H13N3O. The summed E-state index contributed by atoms with van der Waals surface area (Å²) in [7, 11) is 0. The summed E-state index contributed by atoms with van der Waals surface area (Å²) in [5.41, 5.74) is 1.86. The highest BCUT2D eigenvalue weighted by Crippen LogP contribution is 2.41. The predicted molar refractivity (Wildman–Crippen MR) is 51.1 cm³/mol. The molecule has 0 radical (unpaired) electrons. The van der Waals surface area contributed by atoms with Gasteiger partial charge in [0.15, 0.2) is 0 Å². The van der Waals surface area contributed by atoms with Crippen molar-refractivity contribution in [3.8, 4) is 0 Å². The lowest BCUT2D eigenvalue weighted by Crippen LogP contribution is -2.42. The fraction of sp³-hybridized carbons (Fsp3) is 0.600. The first-order valence-corrected chi connectivity index (χ1v) is 5.19. The largest absolute Gasteiger partial charge is 0.337 e. The van der Waals surface area contributed by atoms with Gasteiger partial charge in [0, 0.05) is 18.7 Å². The Morgan fingerprint density at radius 2 is 2.29 bits per heavy atom. The Balaban J connectivity index is 1.86. The van der Waals surface area contributed by atoms with Crippen molar-refractivity contribution in [1.82, 2.24) is 15.1 Å². The molecule has 74 valence electrons. The summed E-state index contributed by atoms with van der Waals surface area (Å²) < 4.78 is 0. The average molecular weight is 191 g/mol. The summed E-state index contributed by atoms with van der Waals surface area (Å²) >= 11 is 0. The van der Waals surface area contributed by atoms with E-state index in [1.54, 1.807) is 0 Å². The van der Waals surface area contributed by atoms with E-state index >= 15 is 0 Å². The van der Waals surface area contributed by atoms with Gasteiger partial charge in [-0.2, -0.15) is 5.10 Å². The smallest absolute Gasteiger partial charge is 0.272 e. The third-order valence-electron chi connectivity index (χ3n) is 3.04. The van der Waals surface area contributed by atoms with Crippen LogP contribution in [0.2, 0.25) is 0 Å². The van der Waals surface area contributed by atoms with E-state index in [1.807, 2.05) is 11.1 Å². The molecule has 3 rings (SSSR count). The normalized spacial score (nSPS) is 20.7. The third kappa shape index (κ3) is 1.14. The van der Waals surface area contributed by atoms with Crippen molar-refractivity contribution in [3.05, 3.63) is 17.5 Å². The zero-order valence-electron chi connectivity index (χ0n) is 7.99. The second-order valence-electron chi connectivity index (χ2n) is 4.12. The first-order valence-electron chi connectivity index (χ1n) is 5.19. The minimum atomic E-state index is 0.135. The number of carbonyl (C=O) groups excluding carboxylic acids is 1. The van der Waals surface area contributed by atoms with E-state index in [0.717, 1.165) is 30.8 Å². The van der Waals surface area contributed by atoms with Crippen molar-refractivity contribution in [2.45, 2.75) is 25.2 Å². The summed E-state index contributed by atoms with van der Waals surface area (Å²) in [5.74, 6) is 0.727. The maximum atomic E-state index is 11.9. The summed E-state index contributed by atoms with van der Waals surface area (Å²) in [5, 5.41) is 6.81. The van der Waals surface area contributed by atoms with E-state index in [9.17, 15) is 4.79 Å². The number of nitrogens with zero attached hydrogens (tertiary/aromatic N) is 2. The van der Waals surface area contributed by atoms with Gasteiger partial charge in [-0.1, -0.05) is 0 Å². The van der Waals surface area contributed by atoms with E-state index in [2.05, 4.69) is 10.2 Å². The van der Waals surface area contributed by atoms with E-state index in [1.165, 1.54) is 12.8 Å². The molecule has 1 saturated heterocycles. The molecule has 0 unspecified atom stereocenters. The number of aromatic amines is 1. The van der Waals surface area contributed by atoms with Crippen LogP contribution in [0, 0.1) is 0 Å². The number of H-pyrrole nitrogens is 1. The second kappa shape index (κ2) is 2.83. The number of amides is 1. The molecule has 1 saturated carbocycles. The molecule has 1 N–H and O–H groups in total. The molecule has 1 aliphatic carbocycles. The highest BCUT2D eigenvalue weighted by Gasteiger charge is 2.32. The van der Waals surface area contributed by atoms with Gasteiger partial charge in [-0.25, -0.2) is 0 Å². The Hall–Kier alpha value is -1.32. The fourth-order valence-electron chi connectivity index (χ4n) is 1.85. The van der Waals surface area contributed by atoms with Crippen LogP contribution in [0.4, 0.5) is 0 Å². The molecule has 1 aromatic rings. The van der Waals surface area contributed by atoms with Gasteiger partial charge in [0.1, 0.15) is 5.69 Å². The van der Waals surface area contributed by atoms with Crippen molar-refractivity contribution in [2.24, 2.45) is 0 Å². The first-order chi connectivity index (χ1) is 6.86. The summed E-state index contributed by atoms with van der Waals surface area (Å²) in [4.78, 5) is 13.8. The standard InChI is InChI=1S/C10H13N3O/c14-10(13-4-1-5-13)9-8(6-11-12-9)7-2-3-7/h6-7H,1-5H2,(H,11,12). The quantitative estimate of drug-likeness (QED) is 0.761. The number of aromatic nitrogens is 2. The van der Waals surface area contributed by atoms with Crippen LogP contribution in [0.3, 0.4) is 0 Å². The monoisotopic (exact) mass is 191 g/mol. The van der Waals surface area contributed by atoms with Gasteiger partial charge < -0.3 is 4.90 Å². The lowest BCUT2D eigenvalue weighted by Gasteiger charge is -2.30. The molecular weight excluding hydrogens is 178 g/mol. The van der Waals surface area contributed by atoms with Crippen LogP contribution in [0.15, 0.2) is 6.20 Å². The van der Waals surface area contributed by atoms with Crippen LogP contribution in [0.1, 0.15) is 41.2 Å². The molecule has 0 atom stereocenters. The number of rotatable bonds is 2. The Morgan fingerprint density at radius 3 is 2.86 bits per heavy atom. The SMILES string of the molecule is O=C(c1[nH]ncc1C1CC1)N1CCC1. The van der Waals surface area contributed by atoms with Gasteiger partial charge in [-0.3, -0.25) is 9.89 Å². The molecule has 1 amide bonds. The van der Waals surface area contributed by atoms with E-state index in [4.69, 9.17) is 0 Å². The highest BCUT2D eigenvalue weighted by molar-refractivity contribution is 5.94. The number of nitrogens with one attached hydrogen (secondary N) is 1. The maximum Gasteiger partial charge on any atom is 0.272 e. The van der Waals surface area contributed by atoms with Crippen LogP contribution in [-0.2, 0) is 0 Å². The Morgan fingerprint density at radius 1 is 1.50 bits per heavy atom. The number of likely N-dealkylation sites (tertiary alicyclic amines) is 1. The highest BCUT2D eigenvalue weighted by atomic mass is 16.2. The van der Waals surface area contributed by atoms with Crippen LogP contribution in [0.25, 0.3) is 0 Å².